The predicted octanol–water partition coefficient (Wildman–Crippen LogP) is 2.74. The number of fused-ring (bicyclic) bond motifs is 2. The van der Waals surface area contributed by atoms with Gasteiger partial charge in [0.2, 0.25) is 11.3 Å². The summed E-state index contributed by atoms with van der Waals surface area (Å²) in [5.74, 6) is -2.60. The second kappa shape index (κ2) is 9.25. The molecule has 3 heterocycles. The molecule has 1 saturated heterocycles. The molecule has 2 atom stereocenters. The quantitative estimate of drug-likeness (QED) is 0.550. The number of hydrogen-bond acceptors (Lipinski definition) is 6. The maximum Gasteiger partial charge on any atom is 0.274 e. The van der Waals surface area contributed by atoms with Crippen molar-refractivity contribution >= 4 is 34.9 Å². The van der Waals surface area contributed by atoms with Crippen LogP contribution in [-0.4, -0.2) is 66.0 Å². The van der Waals surface area contributed by atoms with E-state index in [1.807, 2.05) is 0 Å². The zero-order valence-corrected chi connectivity index (χ0v) is 21.3. The van der Waals surface area contributed by atoms with E-state index in [2.05, 4.69) is 0 Å². The average molecular weight is 532 g/mol. The molecule has 2 aromatic rings. The fraction of sp³-hybridized carbons (Fsp3) is 0.462. The number of ketones is 1. The standard InChI is InChI=1S/C26H27ClFN3O6/c1-29-13-26(10-15(26)12-37-2)31-11-17(23(34)24(35)22(31)25(29)36)19(32)6-5-14-8-16(9-18(27)21(14)28)30-7-3-4-20(30)33/h8-9,11,15,35H,3-7,10,12-13H2,1-2H3/t15-,26-/m1/s1. The van der Waals surface area contributed by atoms with Gasteiger partial charge < -0.3 is 24.2 Å². The zero-order chi connectivity index (χ0) is 26.6. The van der Waals surface area contributed by atoms with Crippen molar-refractivity contribution in [3.8, 4) is 5.75 Å². The SMILES string of the molecule is COC[C@H]1C[C@@]12CN(C)C(=O)c1c(O)c(=O)c(C(=O)CCc3cc(N4CCCC4=O)cc(Cl)c3F)cn12. The summed E-state index contributed by atoms with van der Waals surface area (Å²) < 4.78 is 21.6. The highest BCUT2D eigenvalue weighted by atomic mass is 35.5. The van der Waals surface area contributed by atoms with Crippen molar-refractivity contribution in [2.45, 2.75) is 37.6 Å². The summed E-state index contributed by atoms with van der Waals surface area (Å²) in [6, 6.07) is 2.89. The summed E-state index contributed by atoms with van der Waals surface area (Å²) in [7, 11) is 3.17. The number of carbonyl (C=O) groups excluding carboxylic acids is 3. The van der Waals surface area contributed by atoms with Crippen LogP contribution in [0.3, 0.4) is 0 Å². The van der Waals surface area contributed by atoms with Crippen LogP contribution in [0.1, 0.15) is 52.1 Å². The largest absolute Gasteiger partial charge is 0.503 e. The fourth-order valence-electron chi connectivity index (χ4n) is 5.64. The summed E-state index contributed by atoms with van der Waals surface area (Å²) in [6.45, 7) is 1.28. The Morgan fingerprint density at radius 3 is 2.73 bits per heavy atom. The first-order chi connectivity index (χ1) is 17.6. The number of hydrogen-bond donors (Lipinski definition) is 1. The van der Waals surface area contributed by atoms with E-state index in [0.717, 1.165) is 0 Å². The van der Waals surface area contributed by atoms with Crippen LogP contribution < -0.4 is 10.3 Å². The molecule has 9 nitrogen and oxygen atoms in total. The van der Waals surface area contributed by atoms with Crippen molar-refractivity contribution in [1.82, 2.24) is 9.47 Å². The number of aryl methyl sites for hydroxylation is 1. The van der Waals surface area contributed by atoms with Crippen LogP contribution in [0.4, 0.5) is 10.1 Å². The van der Waals surface area contributed by atoms with Gasteiger partial charge in [0.05, 0.1) is 22.7 Å². The molecule has 11 heteroatoms. The Morgan fingerprint density at radius 1 is 1.30 bits per heavy atom. The number of aromatic nitrogens is 1. The van der Waals surface area contributed by atoms with E-state index in [-0.39, 0.29) is 46.5 Å². The minimum Gasteiger partial charge on any atom is -0.503 e. The van der Waals surface area contributed by atoms with E-state index in [9.17, 15) is 28.7 Å². The maximum atomic E-state index is 14.8. The lowest BCUT2D eigenvalue weighted by Gasteiger charge is -2.35. The summed E-state index contributed by atoms with van der Waals surface area (Å²) in [5.41, 5.74) is -1.31. The number of Topliss-reactive ketones (excluding diaryl/α,β-unsaturated/α-hetero) is 1. The molecule has 1 aromatic heterocycles. The molecule has 5 rings (SSSR count). The number of rotatable bonds is 7. The van der Waals surface area contributed by atoms with Gasteiger partial charge in [-0.3, -0.25) is 19.2 Å². The molecule has 1 saturated carbocycles. The van der Waals surface area contributed by atoms with E-state index in [0.29, 0.717) is 44.6 Å². The third kappa shape index (κ3) is 4.12. The maximum absolute atomic E-state index is 14.8. The lowest BCUT2D eigenvalue weighted by molar-refractivity contribution is -0.117. The van der Waals surface area contributed by atoms with Gasteiger partial charge in [0, 0.05) is 57.9 Å². The second-order valence-electron chi connectivity index (χ2n) is 10.0. The molecule has 0 unspecified atom stereocenters. The van der Waals surface area contributed by atoms with Crippen molar-refractivity contribution < 1.29 is 28.6 Å². The molecule has 37 heavy (non-hydrogen) atoms. The van der Waals surface area contributed by atoms with Crippen molar-refractivity contribution in [2.75, 3.05) is 38.8 Å². The molecule has 196 valence electrons. The van der Waals surface area contributed by atoms with Crippen molar-refractivity contribution in [2.24, 2.45) is 5.92 Å². The van der Waals surface area contributed by atoms with Crippen LogP contribution in [0.15, 0.2) is 23.1 Å². The van der Waals surface area contributed by atoms with Gasteiger partial charge >= 0.3 is 0 Å². The summed E-state index contributed by atoms with van der Waals surface area (Å²) in [4.78, 5) is 54.1. The predicted molar refractivity (Wildman–Crippen MR) is 133 cm³/mol. The molecule has 1 aliphatic carbocycles. The second-order valence-corrected chi connectivity index (χ2v) is 10.4. The highest BCUT2D eigenvalue weighted by molar-refractivity contribution is 6.31. The van der Waals surface area contributed by atoms with Crippen LogP contribution in [-0.2, 0) is 21.5 Å². The number of nitrogens with zero attached hydrogens (tertiary/aromatic N) is 3. The first-order valence-corrected chi connectivity index (χ1v) is 12.5. The van der Waals surface area contributed by atoms with Crippen LogP contribution in [0.25, 0.3) is 0 Å². The van der Waals surface area contributed by atoms with Gasteiger partial charge in [0.15, 0.2) is 17.2 Å². The summed E-state index contributed by atoms with van der Waals surface area (Å²) in [5, 5.41) is 10.5. The molecular weight excluding hydrogens is 505 g/mol. The van der Waals surface area contributed by atoms with Crippen LogP contribution >= 0.6 is 11.6 Å². The van der Waals surface area contributed by atoms with E-state index in [4.69, 9.17) is 16.3 Å². The van der Waals surface area contributed by atoms with E-state index in [1.165, 1.54) is 28.1 Å². The third-order valence-corrected chi connectivity index (χ3v) is 7.96. The Kier molecular flexibility index (Phi) is 6.35. The van der Waals surface area contributed by atoms with Crippen molar-refractivity contribution in [3.63, 3.8) is 0 Å². The number of pyridine rings is 1. The zero-order valence-electron chi connectivity index (χ0n) is 20.6. The summed E-state index contributed by atoms with van der Waals surface area (Å²) >= 11 is 6.08. The number of anilines is 1. The van der Waals surface area contributed by atoms with Crippen LogP contribution in [0.5, 0.6) is 5.75 Å². The Bertz CT molecular complexity index is 1390. The normalized spacial score (nSPS) is 22.6. The number of carbonyl (C=O) groups is 3. The first kappa shape index (κ1) is 25.4. The Morgan fingerprint density at radius 2 is 2.05 bits per heavy atom. The Labute approximate surface area is 217 Å². The minimum atomic E-state index is -0.936. The van der Waals surface area contributed by atoms with Gasteiger partial charge in [-0.1, -0.05) is 11.6 Å². The molecule has 1 spiro atoms. The lowest BCUT2D eigenvalue weighted by Crippen LogP contribution is -2.48. The molecule has 2 aliphatic heterocycles. The number of benzene rings is 1. The topological polar surface area (TPSA) is 109 Å². The molecule has 0 bridgehead atoms. The van der Waals surface area contributed by atoms with E-state index >= 15 is 0 Å². The van der Waals surface area contributed by atoms with Crippen LogP contribution in [0.2, 0.25) is 5.02 Å². The number of likely N-dealkylation sites (N-methyl/N-ethyl adjacent to an activating group) is 1. The van der Waals surface area contributed by atoms with E-state index in [1.54, 1.807) is 18.7 Å². The number of methoxy groups -OCH3 is 1. The Hall–Kier alpha value is -3.24. The third-order valence-electron chi connectivity index (χ3n) is 7.69. The van der Waals surface area contributed by atoms with Crippen molar-refractivity contribution in [1.29, 1.82) is 0 Å². The molecular formula is C26H27ClFN3O6. The molecule has 3 aliphatic rings. The average Bonchev–Trinajstić information content (AvgIpc) is 3.35. The number of aromatic hydroxyl groups is 1. The van der Waals surface area contributed by atoms with Crippen LogP contribution in [0, 0.1) is 11.7 Å². The summed E-state index contributed by atoms with van der Waals surface area (Å²) in [6.07, 6.45) is 2.80. The number of halogens is 2. The first-order valence-electron chi connectivity index (χ1n) is 12.1. The monoisotopic (exact) mass is 531 g/mol. The molecule has 1 N–H and O–H groups in total. The van der Waals surface area contributed by atoms with Gasteiger partial charge in [-0.2, -0.15) is 0 Å². The van der Waals surface area contributed by atoms with Gasteiger partial charge in [-0.15, -0.1) is 0 Å². The highest BCUT2D eigenvalue weighted by Crippen LogP contribution is 2.53. The van der Waals surface area contributed by atoms with E-state index < -0.39 is 34.2 Å². The molecule has 2 amide bonds. The number of amides is 2. The van der Waals surface area contributed by atoms with Gasteiger partial charge in [0.25, 0.3) is 5.91 Å². The van der Waals surface area contributed by atoms with Gasteiger partial charge in [0.1, 0.15) is 5.82 Å². The molecule has 1 aromatic carbocycles. The van der Waals surface area contributed by atoms with Gasteiger partial charge in [-0.25, -0.2) is 4.39 Å². The van der Waals surface area contributed by atoms with Crippen molar-refractivity contribution in [3.05, 3.63) is 56.2 Å². The Balaban J connectivity index is 1.45. The minimum absolute atomic E-state index is 0.0453. The molecule has 2 fully saturated rings. The smallest absolute Gasteiger partial charge is 0.274 e. The molecule has 0 radical (unpaired) electrons. The fourth-order valence-corrected chi connectivity index (χ4v) is 5.87. The number of ether oxygens (including phenoxy) is 1. The highest BCUT2D eigenvalue weighted by Gasteiger charge is 2.60. The lowest BCUT2D eigenvalue weighted by atomic mass is 9.99. The van der Waals surface area contributed by atoms with Gasteiger partial charge in [-0.05, 0) is 37.0 Å².